The van der Waals surface area contributed by atoms with Crippen molar-refractivity contribution in [2.45, 2.75) is 94.6 Å². The van der Waals surface area contributed by atoms with Gasteiger partial charge in [-0.05, 0) is 66.1 Å². The summed E-state index contributed by atoms with van der Waals surface area (Å²) in [5.74, 6) is -1.03. The van der Waals surface area contributed by atoms with Crippen LogP contribution in [0.5, 0.6) is 11.5 Å². The first kappa shape index (κ1) is 37.7. The first-order valence-electron chi connectivity index (χ1n) is 17.2. The fourth-order valence-electron chi connectivity index (χ4n) is 5.71. The Hall–Kier alpha value is -4.08. The van der Waals surface area contributed by atoms with E-state index in [-0.39, 0.29) is 33.5 Å². The van der Waals surface area contributed by atoms with Crippen LogP contribution in [-0.2, 0) is 14.6 Å². The van der Waals surface area contributed by atoms with Crippen LogP contribution in [0, 0.1) is 0 Å². The van der Waals surface area contributed by atoms with Crippen molar-refractivity contribution in [3.8, 4) is 11.5 Å². The quantitative estimate of drug-likeness (QED) is 0.0659. The van der Waals surface area contributed by atoms with Crippen molar-refractivity contribution in [3.05, 3.63) is 89.4 Å². The zero-order valence-corrected chi connectivity index (χ0v) is 29.9. The SMILES string of the molecule is CCCCCCCCCCCCOc1ccc(S(=O)(=O)C(CC)C(=O)Nc2cc(O)c(NC(=O)c3ccc4ccccc4c3)cc2Cl)cc1. The summed E-state index contributed by atoms with van der Waals surface area (Å²) in [5.41, 5.74) is 0.435. The van der Waals surface area contributed by atoms with Crippen LogP contribution >= 0.6 is 11.6 Å². The second-order valence-corrected chi connectivity index (χ2v) is 14.8. The number of phenols is 1. The van der Waals surface area contributed by atoms with Gasteiger partial charge >= 0.3 is 0 Å². The van der Waals surface area contributed by atoms with Gasteiger partial charge < -0.3 is 20.5 Å². The molecule has 0 heterocycles. The number of halogens is 1. The zero-order valence-electron chi connectivity index (χ0n) is 28.3. The van der Waals surface area contributed by atoms with Gasteiger partial charge in [-0.2, -0.15) is 0 Å². The summed E-state index contributed by atoms with van der Waals surface area (Å²) in [5, 5.41) is 16.3. The maximum Gasteiger partial charge on any atom is 0.255 e. The van der Waals surface area contributed by atoms with Gasteiger partial charge in [-0.15, -0.1) is 0 Å². The summed E-state index contributed by atoms with van der Waals surface area (Å²) < 4.78 is 32.8. The third kappa shape index (κ3) is 10.7. The van der Waals surface area contributed by atoms with E-state index in [2.05, 4.69) is 17.6 Å². The van der Waals surface area contributed by atoms with Gasteiger partial charge in [0.05, 0.1) is 27.9 Å². The average Bonchev–Trinajstić information content (AvgIpc) is 3.09. The van der Waals surface area contributed by atoms with Gasteiger partial charge in [0, 0.05) is 11.6 Å². The molecule has 0 bridgehead atoms. The van der Waals surface area contributed by atoms with Crippen LogP contribution in [0.3, 0.4) is 0 Å². The minimum atomic E-state index is -4.06. The zero-order chi connectivity index (χ0) is 35.2. The van der Waals surface area contributed by atoms with E-state index in [0.29, 0.717) is 17.9 Å². The number of carbonyl (C=O) groups is 2. The fraction of sp³-hybridized carbons (Fsp3) is 0.385. The molecule has 0 aromatic heterocycles. The fourth-order valence-corrected chi connectivity index (χ4v) is 7.55. The van der Waals surface area contributed by atoms with Gasteiger partial charge in [0.2, 0.25) is 5.91 Å². The number of fused-ring (bicyclic) bond motifs is 1. The number of hydrogen-bond acceptors (Lipinski definition) is 6. The maximum absolute atomic E-state index is 13.5. The minimum Gasteiger partial charge on any atom is -0.506 e. The molecular weight excluding hydrogens is 660 g/mol. The Bertz CT molecular complexity index is 1810. The van der Waals surface area contributed by atoms with Crippen molar-refractivity contribution in [2.75, 3.05) is 17.2 Å². The Morgan fingerprint density at radius 1 is 0.755 bits per heavy atom. The molecule has 0 saturated carbocycles. The number of hydrogen-bond donors (Lipinski definition) is 3. The molecule has 1 atom stereocenters. The topological polar surface area (TPSA) is 122 Å². The number of aromatic hydroxyl groups is 1. The molecule has 0 aliphatic heterocycles. The number of anilines is 2. The molecule has 0 radical (unpaired) electrons. The molecule has 0 aliphatic carbocycles. The Morgan fingerprint density at radius 3 is 2.04 bits per heavy atom. The molecule has 2 amide bonds. The highest BCUT2D eigenvalue weighted by atomic mass is 35.5. The van der Waals surface area contributed by atoms with Crippen molar-refractivity contribution >= 4 is 55.4 Å². The lowest BCUT2D eigenvalue weighted by Gasteiger charge is -2.18. The van der Waals surface area contributed by atoms with Crippen LogP contribution in [-0.4, -0.2) is 37.2 Å². The van der Waals surface area contributed by atoms with Gasteiger partial charge in [-0.3, -0.25) is 9.59 Å². The van der Waals surface area contributed by atoms with Gasteiger partial charge in [0.15, 0.2) is 9.84 Å². The molecule has 0 spiro atoms. The number of amides is 2. The molecule has 4 rings (SSSR count). The average molecular weight is 707 g/mol. The predicted octanol–water partition coefficient (Wildman–Crippen LogP) is 9.94. The lowest BCUT2D eigenvalue weighted by molar-refractivity contribution is -0.115. The van der Waals surface area contributed by atoms with Crippen LogP contribution < -0.4 is 15.4 Å². The summed E-state index contributed by atoms with van der Waals surface area (Å²) >= 11 is 6.41. The van der Waals surface area contributed by atoms with Crippen LogP contribution in [0.4, 0.5) is 11.4 Å². The lowest BCUT2D eigenvalue weighted by atomic mass is 10.1. The number of unbranched alkanes of at least 4 members (excludes halogenated alkanes) is 9. The van der Waals surface area contributed by atoms with Crippen molar-refractivity contribution in [1.82, 2.24) is 0 Å². The van der Waals surface area contributed by atoms with Crippen molar-refractivity contribution in [2.24, 2.45) is 0 Å². The van der Waals surface area contributed by atoms with Crippen molar-refractivity contribution in [3.63, 3.8) is 0 Å². The summed E-state index contributed by atoms with van der Waals surface area (Å²) in [4.78, 5) is 26.2. The molecule has 1 unspecified atom stereocenters. The number of sulfone groups is 1. The van der Waals surface area contributed by atoms with E-state index < -0.39 is 26.9 Å². The molecule has 4 aromatic carbocycles. The van der Waals surface area contributed by atoms with Gasteiger partial charge in [0.1, 0.15) is 16.7 Å². The first-order valence-corrected chi connectivity index (χ1v) is 19.2. The van der Waals surface area contributed by atoms with E-state index in [0.717, 1.165) is 23.6 Å². The van der Waals surface area contributed by atoms with Crippen LogP contribution in [0.25, 0.3) is 10.8 Å². The van der Waals surface area contributed by atoms with Crippen LogP contribution in [0.15, 0.2) is 83.8 Å². The van der Waals surface area contributed by atoms with Gasteiger partial charge in [0.25, 0.3) is 5.91 Å². The van der Waals surface area contributed by atoms with Gasteiger partial charge in [-0.1, -0.05) is 114 Å². The highest BCUT2D eigenvalue weighted by molar-refractivity contribution is 7.92. The molecular formula is C39H47ClN2O6S. The maximum atomic E-state index is 13.5. The second kappa shape index (κ2) is 18.6. The molecule has 8 nitrogen and oxygen atoms in total. The highest BCUT2D eigenvalue weighted by Gasteiger charge is 2.33. The summed E-state index contributed by atoms with van der Waals surface area (Å²) in [6.07, 6.45) is 12.3. The van der Waals surface area contributed by atoms with E-state index in [1.165, 1.54) is 75.6 Å². The number of benzene rings is 4. The summed E-state index contributed by atoms with van der Waals surface area (Å²) in [7, 11) is -4.06. The number of ether oxygens (including phenoxy) is 1. The van der Waals surface area contributed by atoms with E-state index in [1.54, 1.807) is 31.2 Å². The Morgan fingerprint density at radius 2 is 1.39 bits per heavy atom. The molecule has 49 heavy (non-hydrogen) atoms. The number of carbonyl (C=O) groups excluding carboxylic acids is 2. The van der Waals surface area contributed by atoms with E-state index in [1.807, 2.05) is 30.3 Å². The number of nitrogens with one attached hydrogen (secondary N) is 2. The molecule has 0 saturated heterocycles. The monoisotopic (exact) mass is 706 g/mol. The second-order valence-electron chi connectivity index (χ2n) is 12.3. The molecule has 262 valence electrons. The number of rotatable bonds is 19. The highest BCUT2D eigenvalue weighted by Crippen LogP contribution is 2.35. The molecule has 10 heteroatoms. The third-order valence-corrected chi connectivity index (χ3v) is 11.1. The number of phenolic OH excluding ortho intramolecular Hbond substituents is 1. The predicted molar refractivity (Wildman–Crippen MR) is 199 cm³/mol. The third-order valence-electron chi connectivity index (χ3n) is 8.56. The Kier molecular flexibility index (Phi) is 14.3. The van der Waals surface area contributed by atoms with E-state index in [9.17, 15) is 23.1 Å². The largest absolute Gasteiger partial charge is 0.506 e. The lowest BCUT2D eigenvalue weighted by Crippen LogP contribution is -2.34. The standard InChI is InChI=1S/C39H47ClN2O6S/c1-3-5-6-7-8-9-10-11-12-15-24-48-31-20-22-32(23-21-31)49(46,47)37(4-2)39(45)41-34-27-36(43)35(26-33(34)40)42-38(44)30-19-18-28-16-13-14-17-29(28)25-30/h13-14,16-23,25-27,37,43H,3-12,15,24H2,1-2H3,(H,41,45)(H,42,44). The molecule has 4 aromatic rings. The smallest absolute Gasteiger partial charge is 0.255 e. The molecule has 3 N–H and O–H groups in total. The van der Waals surface area contributed by atoms with Crippen LogP contribution in [0.1, 0.15) is 94.8 Å². The van der Waals surface area contributed by atoms with Gasteiger partial charge in [-0.25, -0.2) is 8.42 Å². The normalized spacial score (nSPS) is 12.1. The summed E-state index contributed by atoms with van der Waals surface area (Å²) in [6, 6.07) is 21.5. The minimum absolute atomic E-state index is 0.00137. The van der Waals surface area contributed by atoms with E-state index in [4.69, 9.17) is 16.3 Å². The molecule has 0 fully saturated rings. The van der Waals surface area contributed by atoms with E-state index >= 15 is 0 Å². The summed E-state index contributed by atoms with van der Waals surface area (Å²) in [6.45, 7) is 4.40. The first-order chi connectivity index (χ1) is 23.6. The molecule has 0 aliphatic rings. The Balaban J connectivity index is 1.29. The van der Waals surface area contributed by atoms with Crippen molar-refractivity contribution in [1.29, 1.82) is 0 Å². The van der Waals surface area contributed by atoms with Crippen molar-refractivity contribution < 1.29 is 27.9 Å². The van der Waals surface area contributed by atoms with Crippen LogP contribution in [0.2, 0.25) is 5.02 Å². The Labute approximate surface area is 295 Å².